The molecule has 4 aromatic rings. The second-order valence-corrected chi connectivity index (χ2v) is 10.2. The first-order valence-electron chi connectivity index (χ1n) is 11.5. The van der Waals surface area contributed by atoms with E-state index in [0.717, 1.165) is 29.7 Å². The molecule has 0 radical (unpaired) electrons. The first kappa shape index (κ1) is 23.3. The Balaban J connectivity index is 1.41. The van der Waals surface area contributed by atoms with E-state index in [0.29, 0.717) is 34.0 Å². The molecule has 5 rings (SSSR count). The molecule has 0 aliphatic heterocycles. The maximum absolute atomic E-state index is 13.2. The molecule has 0 spiro atoms. The molecule has 2 aromatic carbocycles. The summed E-state index contributed by atoms with van der Waals surface area (Å²) in [4.78, 5) is 33.2. The van der Waals surface area contributed by atoms with E-state index in [4.69, 9.17) is 16.6 Å². The van der Waals surface area contributed by atoms with Gasteiger partial charge in [-0.3, -0.25) is 19.5 Å². The number of nitrogens with one attached hydrogen (secondary N) is 1. The van der Waals surface area contributed by atoms with E-state index >= 15 is 0 Å². The number of anilines is 1. The van der Waals surface area contributed by atoms with Gasteiger partial charge in [0.25, 0.3) is 5.91 Å². The second kappa shape index (κ2) is 10.1. The molecular weight excluding hydrogens is 480 g/mol. The number of amides is 2. The third-order valence-corrected chi connectivity index (χ3v) is 7.05. The Hall–Kier alpha value is -3.42. The summed E-state index contributed by atoms with van der Waals surface area (Å²) in [5, 5.41) is 5.46. The normalized spacial score (nSPS) is 13.0. The number of benzene rings is 2. The number of imidazole rings is 1. The number of thiophene rings is 1. The van der Waals surface area contributed by atoms with Gasteiger partial charge in [0, 0.05) is 29.0 Å². The van der Waals surface area contributed by atoms with Crippen molar-refractivity contribution >= 4 is 40.7 Å². The maximum atomic E-state index is 13.2. The van der Waals surface area contributed by atoms with Crippen molar-refractivity contribution in [3.63, 3.8) is 0 Å². The highest BCUT2D eigenvalue weighted by Crippen LogP contribution is 2.31. The number of halogens is 1. The van der Waals surface area contributed by atoms with Gasteiger partial charge in [-0.1, -0.05) is 47.5 Å². The highest BCUT2D eigenvalue weighted by Gasteiger charge is 2.29. The van der Waals surface area contributed by atoms with Gasteiger partial charge in [0.15, 0.2) is 0 Å². The summed E-state index contributed by atoms with van der Waals surface area (Å²) in [6.07, 6.45) is 4.08. The number of aryl methyl sites for hydroxylation is 1. The van der Waals surface area contributed by atoms with Gasteiger partial charge >= 0.3 is 0 Å². The molecule has 8 heteroatoms. The zero-order chi connectivity index (χ0) is 24.4. The standard InChI is InChI=1S/C27H25ClN4O2S/c1-18-4-12-22(13-5-18)32-16-23(20-8-10-21(28)11-9-20)29-27(32)30-25(33)17-31(15-19-6-7-19)26(34)24-3-2-14-35-24/h2-5,8-14,16,19H,6-7,15,17H2,1H3,(H,29,30,33). The molecule has 2 heterocycles. The molecule has 0 bridgehead atoms. The van der Waals surface area contributed by atoms with E-state index in [1.165, 1.54) is 11.3 Å². The first-order valence-corrected chi connectivity index (χ1v) is 12.8. The summed E-state index contributed by atoms with van der Waals surface area (Å²) in [5.41, 5.74) is 3.62. The number of rotatable bonds is 8. The van der Waals surface area contributed by atoms with Crippen molar-refractivity contribution in [2.45, 2.75) is 19.8 Å². The minimum absolute atomic E-state index is 0.0235. The summed E-state index contributed by atoms with van der Waals surface area (Å²) in [6, 6.07) is 19.1. The van der Waals surface area contributed by atoms with Crippen molar-refractivity contribution in [3.8, 4) is 16.9 Å². The van der Waals surface area contributed by atoms with Gasteiger partial charge in [-0.15, -0.1) is 11.3 Å². The van der Waals surface area contributed by atoms with Gasteiger partial charge in [-0.25, -0.2) is 4.98 Å². The highest BCUT2D eigenvalue weighted by atomic mass is 35.5. The molecule has 0 saturated heterocycles. The lowest BCUT2D eigenvalue weighted by molar-refractivity contribution is -0.117. The largest absolute Gasteiger partial charge is 0.328 e. The predicted molar refractivity (Wildman–Crippen MR) is 140 cm³/mol. The lowest BCUT2D eigenvalue weighted by Gasteiger charge is -2.21. The van der Waals surface area contributed by atoms with Gasteiger partial charge in [-0.2, -0.15) is 0 Å². The summed E-state index contributed by atoms with van der Waals surface area (Å²) in [6.45, 7) is 2.59. The molecule has 0 unspecified atom stereocenters. The highest BCUT2D eigenvalue weighted by molar-refractivity contribution is 7.12. The second-order valence-electron chi connectivity index (χ2n) is 8.82. The number of nitrogens with zero attached hydrogens (tertiary/aromatic N) is 3. The molecule has 1 aliphatic carbocycles. The molecular formula is C27H25ClN4O2S. The van der Waals surface area contributed by atoms with Crippen LogP contribution in [0.15, 0.2) is 72.2 Å². The quantitative estimate of drug-likeness (QED) is 0.317. The molecule has 1 N–H and O–H groups in total. The average molecular weight is 505 g/mol. The first-order chi connectivity index (χ1) is 17.0. The van der Waals surface area contributed by atoms with Gasteiger partial charge in [0.05, 0.1) is 10.6 Å². The third-order valence-electron chi connectivity index (χ3n) is 5.94. The molecule has 1 aliphatic rings. The molecule has 0 atom stereocenters. The van der Waals surface area contributed by atoms with Crippen molar-refractivity contribution in [1.82, 2.24) is 14.5 Å². The monoisotopic (exact) mass is 504 g/mol. The summed E-state index contributed by atoms with van der Waals surface area (Å²) in [7, 11) is 0. The SMILES string of the molecule is Cc1ccc(-n2cc(-c3ccc(Cl)cc3)nc2NC(=O)CN(CC2CC2)C(=O)c2cccs2)cc1. The summed E-state index contributed by atoms with van der Waals surface area (Å²) < 4.78 is 1.85. The van der Waals surface area contributed by atoms with Crippen molar-refractivity contribution in [3.05, 3.63) is 87.7 Å². The van der Waals surface area contributed by atoms with Crippen LogP contribution in [0.1, 0.15) is 28.1 Å². The summed E-state index contributed by atoms with van der Waals surface area (Å²) >= 11 is 7.44. The fraction of sp³-hybridized carbons (Fsp3) is 0.222. The molecule has 1 fully saturated rings. The van der Waals surface area contributed by atoms with Crippen LogP contribution < -0.4 is 5.32 Å². The van der Waals surface area contributed by atoms with E-state index in [2.05, 4.69) is 5.32 Å². The number of carbonyl (C=O) groups is 2. The van der Waals surface area contributed by atoms with Crippen LogP contribution >= 0.6 is 22.9 Å². The van der Waals surface area contributed by atoms with Crippen LogP contribution in [0, 0.1) is 12.8 Å². The number of aromatic nitrogens is 2. The van der Waals surface area contributed by atoms with Gasteiger partial charge in [0.2, 0.25) is 11.9 Å². The van der Waals surface area contributed by atoms with Crippen LogP contribution in [0.5, 0.6) is 0 Å². The molecule has 35 heavy (non-hydrogen) atoms. The van der Waals surface area contributed by atoms with Crippen molar-refractivity contribution in [2.75, 3.05) is 18.4 Å². The van der Waals surface area contributed by atoms with Crippen LogP contribution in [0.3, 0.4) is 0 Å². The molecule has 178 valence electrons. The van der Waals surface area contributed by atoms with Crippen LogP contribution in [0.4, 0.5) is 5.95 Å². The van der Waals surface area contributed by atoms with Gasteiger partial charge in [0.1, 0.15) is 6.54 Å². The zero-order valence-electron chi connectivity index (χ0n) is 19.3. The van der Waals surface area contributed by atoms with E-state index in [1.807, 2.05) is 77.7 Å². The topological polar surface area (TPSA) is 67.2 Å². The van der Waals surface area contributed by atoms with E-state index in [9.17, 15) is 9.59 Å². The van der Waals surface area contributed by atoms with E-state index in [1.54, 1.807) is 11.0 Å². The number of hydrogen-bond donors (Lipinski definition) is 1. The number of carbonyl (C=O) groups excluding carboxylic acids is 2. The van der Waals surface area contributed by atoms with Crippen LogP contribution in [-0.2, 0) is 4.79 Å². The average Bonchev–Trinajstić information content (AvgIpc) is 3.32. The smallest absolute Gasteiger partial charge is 0.264 e. The molecule has 6 nitrogen and oxygen atoms in total. The fourth-order valence-corrected chi connectivity index (χ4v) is 4.67. The predicted octanol–water partition coefficient (Wildman–Crippen LogP) is 6.05. The van der Waals surface area contributed by atoms with E-state index < -0.39 is 0 Å². The fourth-order valence-electron chi connectivity index (χ4n) is 3.86. The zero-order valence-corrected chi connectivity index (χ0v) is 20.9. The molecule has 2 aromatic heterocycles. The lowest BCUT2D eigenvalue weighted by atomic mass is 10.2. The van der Waals surface area contributed by atoms with Gasteiger partial charge < -0.3 is 4.90 Å². The van der Waals surface area contributed by atoms with Crippen molar-refractivity contribution in [2.24, 2.45) is 5.92 Å². The Kier molecular flexibility index (Phi) is 6.70. The van der Waals surface area contributed by atoms with Crippen LogP contribution in [-0.4, -0.2) is 39.4 Å². The van der Waals surface area contributed by atoms with Gasteiger partial charge in [-0.05, 0) is 61.4 Å². The van der Waals surface area contributed by atoms with E-state index in [-0.39, 0.29) is 18.4 Å². The Morgan fingerprint density at radius 3 is 2.51 bits per heavy atom. The maximum Gasteiger partial charge on any atom is 0.264 e. The Morgan fingerprint density at radius 2 is 1.86 bits per heavy atom. The summed E-state index contributed by atoms with van der Waals surface area (Å²) in [5.74, 6) is 0.486. The Morgan fingerprint density at radius 1 is 1.11 bits per heavy atom. The lowest BCUT2D eigenvalue weighted by Crippen LogP contribution is -2.39. The van der Waals surface area contributed by atoms with Crippen molar-refractivity contribution < 1.29 is 9.59 Å². The Bertz CT molecular complexity index is 1330. The number of hydrogen-bond acceptors (Lipinski definition) is 4. The minimum Gasteiger partial charge on any atom is -0.328 e. The molecule has 1 saturated carbocycles. The Labute approximate surface area is 213 Å². The molecule has 2 amide bonds. The minimum atomic E-state index is -0.280. The van der Waals surface area contributed by atoms with Crippen LogP contribution in [0.25, 0.3) is 16.9 Å². The van der Waals surface area contributed by atoms with Crippen LogP contribution in [0.2, 0.25) is 5.02 Å². The third kappa shape index (κ3) is 5.63. The van der Waals surface area contributed by atoms with Crippen molar-refractivity contribution in [1.29, 1.82) is 0 Å².